The van der Waals surface area contributed by atoms with Gasteiger partial charge in [0.1, 0.15) is 36.0 Å². The van der Waals surface area contributed by atoms with Gasteiger partial charge in [-0.15, -0.1) is 0 Å². The summed E-state index contributed by atoms with van der Waals surface area (Å²) >= 11 is 0. The van der Waals surface area contributed by atoms with Crippen LogP contribution in [-0.2, 0) is 6.54 Å². The normalized spacial score (nSPS) is 13.3. The van der Waals surface area contributed by atoms with Gasteiger partial charge in [0.05, 0.1) is 5.39 Å². The third kappa shape index (κ3) is 0.975. The number of hydrogen-bond acceptors (Lipinski definition) is 0. The van der Waals surface area contributed by atoms with Crippen LogP contribution < -0.4 is 9.05 Å². The van der Waals surface area contributed by atoms with E-state index in [9.17, 15) is 0 Å². The number of hydrogen-bond donors (Lipinski definition) is 0. The molecule has 0 atom stereocenters. The quantitative estimate of drug-likeness (QED) is 0.219. The van der Waals surface area contributed by atoms with Crippen LogP contribution in [0.2, 0.25) is 0 Å². The highest BCUT2D eigenvalue weighted by Crippen LogP contribution is 2.30. The Kier molecular flexibility index (Phi) is 1.49. The molecule has 1 aliphatic rings. The molecule has 0 spiro atoms. The van der Waals surface area contributed by atoms with E-state index in [1.807, 2.05) is 6.20 Å². The molecule has 4 heterocycles. The van der Waals surface area contributed by atoms with Gasteiger partial charge < -0.3 is 0 Å². The van der Waals surface area contributed by atoms with Crippen LogP contribution in [0.5, 0.6) is 0 Å². The smallest absolute Gasteiger partial charge is 0.285 e. The van der Waals surface area contributed by atoms with E-state index in [4.69, 9.17) is 7.98 Å². The fraction of sp³-hybridized carbons (Fsp3) is 0.0667. The molecular formula is C15H10BN3+2. The van der Waals surface area contributed by atoms with Crippen molar-refractivity contribution in [3.8, 4) is 0 Å². The van der Waals surface area contributed by atoms with E-state index in [-0.39, 0.29) is 0 Å². The van der Waals surface area contributed by atoms with Gasteiger partial charge in [0.25, 0.3) is 0 Å². The van der Waals surface area contributed by atoms with E-state index in [1.165, 1.54) is 27.5 Å². The van der Waals surface area contributed by atoms with Crippen molar-refractivity contribution < 1.29 is 9.05 Å². The van der Waals surface area contributed by atoms with Gasteiger partial charge in [0.15, 0.2) is 0 Å². The van der Waals surface area contributed by atoms with Gasteiger partial charge in [-0.1, -0.05) is 12.1 Å². The molecule has 0 aliphatic carbocycles. The Bertz CT molecular complexity index is 1000. The fourth-order valence-electron chi connectivity index (χ4n) is 3.34. The van der Waals surface area contributed by atoms with Crippen molar-refractivity contribution in [1.82, 2.24) is 4.40 Å². The molecular weight excluding hydrogens is 233 g/mol. The molecule has 86 valence electrons. The Hall–Kier alpha value is -2.36. The SMILES string of the molecule is [B][n+]1ccc2c3c1c1ccccc1n1cc[n+](c31)C2. The van der Waals surface area contributed by atoms with E-state index >= 15 is 0 Å². The summed E-state index contributed by atoms with van der Waals surface area (Å²) in [5, 5.41) is 2.47. The number of nitrogens with zero attached hydrogens (tertiary/aromatic N) is 3. The molecule has 1 aromatic carbocycles. The first-order valence-corrected chi connectivity index (χ1v) is 6.38. The molecule has 5 rings (SSSR count). The highest BCUT2D eigenvalue weighted by Gasteiger charge is 2.30. The largest absolute Gasteiger partial charge is 0.586 e. The first-order chi connectivity index (χ1) is 9.34. The monoisotopic (exact) mass is 243 g/mol. The van der Waals surface area contributed by atoms with Gasteiger partial charge in [-0.05, 0) is 12.1 Å². The van der Waals surface area contributed by atoms with Gasteiger partial charge in [0.2, 0.25) is 5.52 Å². The lowest BCUT2D eigenvalue weighted by Gasteiger charge is -2.01. The van der Waals surface area contributed by atoms with Gasteiger partial charge >= 0.3 is 13.6 Å². The van der Waals surface area contributed by atoms with Gasteiger partial charge in [-0.3, -0.25) is 4.48 Å². The second-order valence-corrected chi connectivity index (χ2v) is 5.11. The Morgan fingerprint density at radius 1 is 1.11 bits per heavy atom. The number of benzene rings is 1. The summed E-state index contributed by atoms with van der Waals surface area (Å²) in [5.74, 6) is 0. The molecule has 0 saturated heterocycles. The average Bonchev–Trinajstić information content (AvgIpc) is 3.00. The summed E-state index contributed by atoms with van der Waals surface area (Å²) in [6.07, 6.45) is 6.23. The van der Waals surface area contributed by atoms with Crippen LogP contribution in [-0.4, -0.2) is 12.4 Å². The third-order valence-electron chi connectivity index (χ3n) is 4.13. The lowest BCUT2D eigenvalue weighted by molar-refractivity contribution is -0.657. The zero-order valence-electron chi connectivity index (χ0n) is 10.2. The predicted molar refractivity (Wildman–Crippen MR) is 73.1 cm³/mol. The first-order valence-electron chi connectivity index (χ1n) is 6.38. The second-order valence-electron chi connectivity index (χ2n) is 5.11. The summed E-state index contributed by atoms with van der Waals surface area (Å²) in [6.45, 7) is 0.930. The number of aromatic nitrogens is 3. The molecule has 4 heteroatoms. The van der Waals surface area contributed by atoms with Crippen LogP contribution in [0.3, 0.4) is 0 Å². The zero-order chi connectivity index (χ0) is 12.6. The highest BCUT2D eigenvalue weighted by molar-refractivity contribution is 6.11. The molecule has 0 saturated carbocycles. The minimum absolute atomic E-state index is 0.930. The molecule has 3 nitrogen and oxygen atoms in total. The van der Waals surface area contributed by atoms with Gasteiger partial charge in [-0.25, -0.2) is 4.57 Å². The Labute approximate surface area is 110 Å². The summed E-state index contributed by atoms with van der Waals surface area (Å²) in [6, 6.07) is 10.5. The van der Waals surface area contributed by atoms with Crippen molar-refractivity contribution in [1.29, 1.82) is 0 Å². The van der Waals surface area contributed by atoms with Crippen molar-refractivity contribution in [2.45, 2.75) is 6.54 Å². The Morgan fingerprint density at radius 3 is 2.95 bits per heavy atom. The van der Waals surface area contributed by atoms with E-state index < -0.39 is 0 Å². The fourth-order valence-corrected chi connectivity index (χ4v) is 3.34. The van der Waals surface area contributed by atoms with Crippen molar-refractivity contribution in [2.24, 2.45) is 0 Å². The Balaban J connectivity index is 2.30. The van der Waals surface area contributed by atoms with Crippen molar-refractivity contribution in [3.05, 3.63) is 54.5 Å². The average molecular weight is 243 g/mol. The molecule has 19 heavy (non-hydrogen) atoms. The maximum atomic E-state index is 6.17. The van der Waals surface area contributed by atoms with Crippen LogP contribution in [0.15, 0.2) is 48.9 Å². The maximum absolute atomic E-state index is 6.17. The number of rotatable bonds is 0. The molecule has 0 bridgehead atoms. The highest BCUT2D eigenvalue weighted by atomic mass is 15.1. The molecule has 2 radical (unpaired) electrons. The van der Waals surface area contributed by atoms with Gasteiger partial charge in [-0.2, -0.15) is 4.40 Å². The summed E-state index contributed by atoms with van der Waals surface area (Å²) < 4.78 is 6.28. The van der Waals surface area contributed by atoms with Crippen molar-refractivity contribution >= 4 is 35.4 Å². The predicted octanol–water partition coefficient (Wildman–Crippen LogP) is 1.11. The summed E-state index contributed by atoms with van der Waals surface area (Å²) in [5.41, 5.74) is 4.90. The number of imidazole rings is 1. The number of fused-ring (bicyclic) bond motifs is 3. The molecule has 0 amide bonds. The number of pyridine rings is 2. The molecule has 4 aromatic rings. The molecule has 1 aliphatic heterocycles. The zero-order valence-corrected chi connectivity index (χ0v) is 10.2. The van der Waals surface area contributed by atoms with E-state index in [0.29, 0.717) is 0 Å². The van der Waals surface area contributed by atoms with Crippen molar-refractivity contribution in [2.75, 3.05) is 0 Å². The molecule has 0 fully saturated rings. The standard InChI is InChI=1S/C15H10BN3/c16-19-6-5-10-9-17-7-8-18-12-4-2-1-3-11(12)14(19)13(10)15(17)18/h1-8H,9H2/q+2. The second kappa shape index (κ2) is 2.96. The van der Waals surface area contributed by atoms with E-state index in [0.717, 1.165) is 12.1 Å². The van der Waals surface area contributed by atoms with Crippen LogP contribution in [0.25, 0.3) is 27.5 Å². The molecule has 0 N–H and O–H groups in total. The first kappa shape index (κ1) is 9.56. The minimum atomic E-state index is 0.930. The third-order valence-corrected chi connectivity index (χ3v) is 4.13. The van der Waals surface area contributed by atoms with Crippen molar-refractivity contribution in [3.63, 3.8) is 0 Å². The number of para-hydroxylation sites is 1. The summed E-state index contributed by atoms with van der Waals surface area (Å²) in [7, 11) is 6.17. The van der Waals surface area contributed by atoms with Crippen LogP contribution >= 0.6 is 0 Å². The minimum Gasteiger partial charge on any atom is -0.285 e. The topological polar surface area (TPSA) is 12.2 Å². The summed E-state index contributed by atoms with van der Waals surface area (Å²) in [4.78, 5) is 0. The lowest BCUT2D eigenvalue weighted by atomic mass is 10.1. The maximum Gasteiger partial charge on any atom is 0.586 e. The van der Waals surface area contributed by atoms with Crippen LogP contribution in [0.4, 0.5) is 0 Å². The lowest BCUT2D eigenvalue weighted by Crippen LogP contribution is -2.32. The van der Waals surface area contributed by atoms with E-state index in [1.54, 1.807) is 4.48 Å². The van der Waals surface area contributed by atoms with Gasteiger partial charge in [0, 0.05) is 11.6 Å². The van der Waals surface area contributed by atoms with E-state index in [2.05, 4.69) is 51.7 Å². The van der Waals surface area contributed by atoms with Crippen LogP contribution in [0, 0.1) is 0 Å². The Morgan fingerprint density at radius 2 is 2.00 bits per heavy atom. The molecule has 0 unspecified atom stereocenters. The molecule has 3 aromatic heterocycles. The van der Waals surface area contributed by atoms with Crippen LogP contribution in [0.1, 0.15) is 5.56 Å².